The monoisotopic (exact) mass is 228 g/mol. The highest BCUT2D eigenvalue weighted by Gasteiger charge is 2.06. The van der Waals surface area contributed by atoms with Crippen molar-refractivity contribution >= 4 is 16.5 Å². The second-order valence-electron chi connectivity index (χ2n) is 3.52. The molecule has 0 aliphatic carbocycles. The second-order valence-corrected chi connectivity index (χ2v) is 5.51. The van der Waals surface area contributed by atoms with Crippen LogP contribution >= 0.6 is 0 Å². The summed E-state index contributed by atoms with van der Waals surface area (Å²) in [5.74, 6) is 0.402. The third-order valence-corrected chi connectivity index (χ3v) is 3.64. The minimum atomic E-state index is -0.946. The van der Waals surface area contributed by atoms with E-state index in [0.717, 1.165) is 5.56 Å². The summed E-state index contributed by atoms with van der Waals surface area (Å²) in [5.41, 5.74) is 0.947. The number of rotatable bonds is 4. The molecule has 0 spiro atoms. The van der Waals surface area contributed by atoms with Crippen molar-refractivity contribution in [3.05, 3.63) is 35.0 Å². The van der Waals surface area contributed by atoms with Gasteiger partial charge in [0.2, 0.25) is 0 Å². The van der Waals surface area contributed by atoms with Crippen LogP contribution in [0.5, 0.6) is 0 Å². The topological polar surface area (TPSA) is 63.6 Å². The van der Waals surface area contributed by atoms with Crippen LogP contribution in [-0.2, 0) is 16.6 Å². The molecule has 0 fully saturated rings. The van der Waals surface area contributed by atoms with Crippen LogP contribution < -0.4 is 5.23 Å². The van der Waals surface area contributed by atoms with E-state index in [4.69, 9.17) is 5.21 Å². The van der Waals surface area contributed by atoms with Crippen LogP contribution in [0.2, 0.25) is 0 Å². The van der Waals surface area contributed by atoms with E-state index >= 15 is 0 Å². The molecule has 1 aromatic rings. The van der Waals surface area contributed by atoms with Gasteiger partial charge in [-0.3, -0.25) is 9.42 Å². The van der Waals surface area contributed by atoms with E-state index in [1.807, 2.05) is 13.8 Å². The first kappa shape index (κ1) is 12.2. The van der Waals surface area contributed by atoms with Crippen LogP contribution in [0.25, 0.3) is 0 Å². The van der Waals surface area contributed by atoms with Crippen LogP contribution in [0.15, 0.2) is 24.3 Å². The lowest BCUT2D eigenvalue weighted by atomic mass is 10.2. The van der Waals surface area contributed by atoms with E-state index in [1.165, 1.54) is 12.1 Å². The van der Waals surface area contributed by atoms with Crippen molar-refractivity contribution in [2.45, 2.75) is 24.9 Å². The Hall–Kier alpha value is -0.910. The van der Waals surface area contributed by atoms with Crippen LogP contribution in [0, 0.1) is 5.21 Å². The summed E-state index contributed by atoms with van der Waals surface area (Å²) in [7, 11) is -0.946. The van der Waals surface area contributed by atoms with E-state index < -0.39 is 10.8 Å². The van der Waals surface area contributed by atoms with Crippen LogP contribution in [-0.4, -0.2) is 14.7 Å². The third-order valence-electron chi connectivity index (χ3n) is 1.97. The van der Waals surface area contributed by atoms with Gasteiger partial charge in [0.05, 0.1) is 5.69 Å². The summed E-state index contributed by atoms with van der Waals surface area (Å²) in [6, 6.07) is 6.47. The SMILES string of the molecule is CC(C)S(=O)Cc1cccc(N([O-])O)c1. The molecule has 15 heavy (non-hydrogen) atoms. The molecule has 0 aliphatic rings. The molecule has 0 heterocycles. The van der Waals surface area contributed by atoms with Crippen molar-refractivity contribution < 1.29 is 9.42 Å². The summed E-state index contributed by atoms with van der Waals surface area (Å²) in [6.45, 7) is 3.76. The molecule has 0 amide bonds. The summed E-state index contributed by atoms with van der Waals surface area (Å²) >= 11 is 0. The normalized spacial score (nSPS) is 12.9. The van der Waals surface area contributed by atoms with Crippen molar-refractivity contribution in [3.63, 3.8) is 0 Å². The van der Waals surface area contributed by atoms with Gasteiger partial charge in [-0.05, 0) is 17.7 Å². The Labute approximate surface area is 91.5 Å². The van der Waals surface area contributed by atoms with Crippen molar-refractivity contribution in [1.82, 2.24) is 0 Å². The molecule has 0 saturated carbocycles. The fraction of sp³-hybridized carbons (Fsp3) is 0.400. The number of hydrogen-bond donors (Lipinski definition) is 1. The Morgan fingerprint density at radius 1 is 1.53 bits per heavy atom. The molecule has 1 unspecified atom stereocenters. The highest BCUT2D eigenvalue weighted by molar-refractivity contribution is 7.84. The Balaban J connectivity index is 2.78. The van der Waals surface area contributed by atoms with Gasteiger partial charge in [0.25, 0.3) is 0 Å². The summed E-state index contributed by atoms with van der Waals surface area (Å²) in [6.07, 6.45) is 0. The Bertz CT molecular complexity index is 352. The Morgan fingerprint density at radius 3 is 2.73 bits per heavy atom. The minimum Gasteiger partial charge on any atom is -0.733 e. The van der Waals surface area contributed by atoms with E-state index in [0.29, 0.717) is 5.75 Å². The van der Waals surface area contributed by atoms with Gasteiger partial charge in [0, 0.05) is 21.8 Å². The zero-order valence-corrected chi connectivity index (χ0v) is 9.53. The molecule has 1 N–H and O–H groups in total. The molecule has 0 radical (unpaired) electrons. The van der Waals surface area contributed by atoms with E-state index in [1.54, 1.807) is 12.1 Å². The number of hydrogen-bond acceptors (Lipinski definition) is 4. The summed E-state index contributed by atoms with van der Waals surface area (Å²) < 4.78 is 11.6. The predicted molar refractivity (Wildman–Crippen MR) is 61.1 cm³/mol. The lowest BCUT2D eigenvalue weighted by Crippen LogP contribution is -2.10. The summed E-state index contributed by atoms with van der Waals surface area (Å²) in [4.78, 5) is 0. The zero-order valence-electron chi connectivity index (χ0n) is 8.71. The van der Waals surface area contributed by atoms with E-state index in [-0.39, 0.29) is 16.2 Å². The predicted octanol–water partition coefficient (Wildman–Crippen LogP) is 2.04. The second kappa shape index (κ2) is 5.25. The highest BCUT2D eigenvalue weighted by Crippen LogP contribution is 2.15. The average Bonchev–Trinajstić information content (AvgIpc) is 2.18. The minimum absolute atomic E-state index is 0.0890. The molecule has 0 aliphatic heterocycles. The molecular weight excluding hydrogens is 214 g/mol. The lowest BCUT2D eigenvalue weighted by Gasteiger charge is -2.22. The van der Waals surface area contributed by atoms with Gasteiger partial charge in [0.15, 0.2) is 0 Å². The molecule has 0 saturated heterocycles. The maximum Gasteiger partial charge on any atom is 0.0511 e. The summed E-state index contributed by atoms with van der Waals surface area (Å²) in [5, 5.41) is 19.2. The quantitative estimate of drug-likeness (QED) is 0.801. The molecule has 5 heteroatoms. The fourth-order valence-corrected chi connectivity index (χ4v) is 1.94. The maximum atomic E-state index is 11.6. The van der Waals surface area contributed by atoms with Crippen molar-refractivity contribution in [2.75, 3.05) is 5.23 Å². The van der Waals surface area contributed by atoms with Gasteiger partial charge in [-0.25, -0.2) is 0 Å². The first-order valence-corrected chi connectivity index (χ1v) is 6.01. The van der Waals surface area contributed by atoms with Gasteiger partial charge in [-0.1, -0.05) is 26.0 Å². The Morgan fingerprint density at radius 2 is 2.20 bits per heavy atom. The van der Waals surface area contributed by atoms with Crippen molar-refractivity contribution in [2.24, 2.45) is 0 Å². The molecule has 0 aromatic heterocycles. The highest BCUT2D eigenvalue weighted by atomic mass is 32.2. The first-order valence-electron chi connectivity index (χ1n) is 4.63. The zero-order chi connectivity index (χ0) is 11.4. The molecule has 84 valence electrons. The van der Waals surface area contributed by atoms with Crippen molar-refractivity contribution in [1.29, 1.82) is 0 Å². The molecule has 1 rings (SSSR count). The first-order chi connectivity index (χ1) is 7.00. The fourth-order valence-electron chi connectivity index (χ4n) is 1.10. The molecule has 4 nitrogen and oxygen atoms in total. The van der Waals surface area contributed by atoms with Crippen molar-refractivity contribution in [3.8, 4) is 0 Å². The number of benzene rings is 1. The number of nitrogens with zero attached hydrogens (tertiary/aromatic N) is 1. The molecule has 1 atom stereocenters. The molecule has 0 bridgehead atoms. The molecular formula is C10H14NO3S-. The number of anilines is 1. The molecule has 1 aromatic carbocycles. The third kappa shape index (κ3) is 3.62. The van der Waals surface area contributed by atoms with Crippen LogP contribution in [0.3, 0.4) is 0 Å². The van der Waals surface area contributed by atoms with Gasteiger partial charge in [0.1, 0.15) is 0 Å². The van der Waals surface area contributed by atoms with E-state index in [2.05, 4.69) is 0 Å². The van der Waals surface area contributed by atoms with Gasteiger partial charge in [-0.2, -0.15) is 0 Å². The Kier molecular flexibility index (Phi) is 4.26. The lowest BCUT2D eigenvalue weighted by molar-refractivity contribution is 0.296. The van der Waals surface area contributed by atoms with Gasteiger partial charge in [-0.15, -0.1) is 0 Å². The largest absolute Gasteiger partial charge is 0.733 e. The van der Waals surface area contributed by atoms with Gasteiger partial charge >= 0.3 is 0 Å². The van der Waals surface area contributed by atoms with Crippen LogP contribution in [0.1, 0.15) is 19.4 Å². The standard InChI is InChI=1S/C10H14NO3S/c1-8(2)15(14)7-9-4-3-5-10(6-9)11(12)13/h3-6,8,12H,7H2,1-2H3/q-1. The average molecular weight is 228 g/mol. The van der Waals surface area contributed by atoms with Gasteiger partial charge < -0.3 is 10.4 Å². The maximum absolute atomic E-state index is 11.6. The smallest absolute Gasteiger partial charge is 0.0511 e. The van der Waals surface area contributed by atoms with E-state index in [9.17, 15) is 9.42 Å². The van der Waals surface area contributed by atoms with Crippen LogP contribution in [0.4, 0.5) is 5.69 Å².